The highest BCUT2D eigenvalue weighted by Crippen LogP contribution is 2.41. The minimum Gasteiger partial charge on any atom is -0.103 e. The molecule has 2 aliphatic carbocycles. The molecule has 0 amide bonds. The van der Waals surface area contributed by atoms with E-state index in [0.29, 0.717) is 0 Å². The van der Waals surface area contributed by atoms with E-state index in [1.807, 2.05) is 5.57 Å². The van der Waals surface area contributed by atoms with Crippen molar-refractivity contribution in [3.63, 3.8) is 0 Å². The lowest BCUT2D eigenvalue weighted by Crippen LogP contribution is -2.20. The summed E-state index contributed by atoms with van der Waals surface area (Å²) >= 11 is 0. The molecule has 0 unspecified atom stereocenters. The molecule has 0 nitrogen and oxygen atoms in total. The predicted molar refractivity (Wildman–Crippen MR) is 80.7 cm³/mol. The molecule has 0 radical (unpaired) electrons. The Labute approximate surface area is 114 Å². The normalized spacial score (nSPS) is 22.7. The highest BCUT2D eigenvalue weighted by atomic mass is 14.3. The second-order valence-electron chi connectivity index (χ2n) is 6.40. The maximum atomic E-state index is 3.94. The fourth-order valence-corrected chi connectivity index (χ4v) is 4.19. The van der Waals surface area contributed by atoms with Crippen LogP contribution in [0.15, 0.2) is 23.8 Å². The van der Waals surface area contributed by atoms with Crippen molar-refractivity contribution in [3.8, 4) is 0 Å². The van der Waals surface area contributed by atoms with Crippen LogP contribution in [0.4, 0.5) is 0 Å². The summed E-state index contributed by atoms with van der Waals surface area (Å²) in [7, 11) is 0. The Morgan fingerprint density at radius 1 is 0.889 bits per heavy atom. The summed E-state index contributed by atoms with van der Waals surface area (Å²) in [5.41, 5.74) is 3.53. The van der Waals surface area contributed by atoms with E-state index in [1.165, 1.54) is 64.2 Å². The summed E-state index contributed by atoms with van der Waals surface area (Å²) in [6.07, 6.45) is 17.8. The highest BCUT2D eigenvalue weighted by Gasteiger charge is 2.26. The van der Waals surface area contributed by atoms with Crippen molar-refractivity contribution < 1.29 is 0 Å². The van der Waals surface area contributed by atoms with Gasteiger partial charge in [-0.15, -0.1) is 6.58 Å². The lowest BCUT2D eigenvalue weighted by Gasteiger charge is -2.34. The van der Waals surface area contributed by atoms with Crippen LogP contribution in [0.2, 0.25) is 0 Å². The lowest BCUT2D eigenvalue weighted by molar-refractivity contribution is 0.322. The molecule has 0 spiro atoms. The van der Waals surface area contributed by atoms with Gasteiger partial charge in [-0.3, -0.25) is 0 Å². The van der Waals surface area contributed by atoms with E-state index in [0.717, 1.165) is 18.3 Å². The van der Waals surface area contributed by atoms with E-state index in [4.69, 9.17) is 0 Å². The molecule has 102 valence electrons. The zero-order chi connectivity index (χ0) is 12.8. The van der Waals surface area contributed by atoms with Crippen LogP contribution in [0.25, 0.3) is 0 Å². The van der Waals surface area contributed by atoms with Gasteiger partial charge in [-0.1, -0.05) is 55.7 Å². The third-order valence-electron chi connectivity index (χ3n) is 5.03. The van der Waals surface area contributed by atoms with Gasteiger partial charge in [0.2, 0.25) is 0 Å². The molecule has 0 bridgehead atoms. The van der Waals surface area contributed by atoms with Gasteiger partial charge in [0, 0.05) is 0 Å². The van der Waals surface area contributed by atoms with E-state index in [-0.39, 0.29) is 0 Å². The molecule has 0 saturated heterocycles. The molecule has 2 saturated carbocycles. The standard InChI is InChI=1S/C18H30/c1-3-10-15(2)18(16-11-6-4-7-12-16)17-13-8-5-9-14-17/h3,16-17H,1,4-14H2,2H3. The SMILES string of the molecule is C=CCC(C)=C(C1CCCCC1)C1CCCCC1. The van der Waals surface area contributed by atoms with E-state index in [9.17, 15) is 0 Å². The van der Waals surface area contributed by atoms with Gasteiger partial charge in [0.1, 0.15) is 0 Å². The van der Waals surface area contributed by atoms with Crippen LogP contribution in [-0.4, -0.2) is 0 Å². The summed E-state index contributed by atoms with van der Waals surface area (Å²) in [5, 5.41) is 0. The topological polar surface area (TPSA) is 0 Å². The van der Waals surface area contributed by atoms with Gasteiger partial charge in [-0.25, -0.2) is 0 Å². The molecule has 2 aliphatic rings. The minimum atomic E-state index is 0.918. The molecular weight excluding hydrogens is 216 g/mol. The average molecular weight is 246 g/mol. The first kappa shape index (κ1) is 13.9. The van der Waals surface area contributed by atoms with Crippen LogP contribution >= 0.6 is 0 Å². The molecule has 0 aromatic carbocycles. The van der Waals surface area contributed by atoms with E-state index < -0.39 is 0 Å². The van der Waals surface area contributed by atoms with E-state index >= 15 is 0 Å². The van der Waals surface area contributed by atoms with Crippen molar-refractivity contribution >= 4 is 0 Å². The molecule has 0 heterocycles. The van der Waals surface area contributed by atoms with Crippen LogP contribution < -0.4 is 0 Å². The maximum absolute atomic E-state index is 3.94. The Balaban J connectivity index is 2.15. The largest absolute Gasteiger partial charge is 0.103 e. The molecule has 0 N–H and O–H groups in total. The molecule has 2 fully saturated rings. The van der Waals surface area contributed by atoms with Crippen LogP contribution in [0.1, 0.15) is 77.6 Å². The van der Waals surface area contributed by atoms with Crippen molar-refractivity contribution in [3.05, 3.63) is 23.8 Å². The first-order valence-corrected chi connectivity index (χ1v) is 8.13. The highest BCUT2D eigenvalue weighted by molar-refractivity contribution is 5.21. The summed E-state index contributed by atoms with van der Waals surface area (Å²) < 4.78 is 0. The zero-order valence-electron chi connectivity index (χ0n) is 12.2. The second-order valence-corrected chi connectivity index (χ2v) is 6.40. The Kier molecular flexibility index (Phi) is 5.53. The minimum absolute atomic E-state index is 0.918. The molecule has 18 heavy (non-hydrogen) atoms. The monoisotopic (exact) mass is 246 g/mol. The van der Waals surface area contributed by atoms with Crippen molar-refractivity contribution in [1.29, 1.82) is 0 Å². The van der Waals surface area contributed by atoms with Gasteiger partial charge in [0.25, 0.3) is 0 Å². The van der Waals surface area contributed by atoms with Gasteiger partial charge < -0.3 is 0 Å². The molecule has 0 aromatic heterocycles. The van der Waals surface area contributed by atoms with Gasteiger partial charge in [-0.2, -0.15) is 0 Å². The number of rotatable bonds is 4. The Morgan fingerprint density at radius 3 is 1.72 bits per heavy atom. The quantitative estimate of drug-likeness (QED) is 0.530. The van der Waals surface area contributed by atoms with Crippen LogP contribution in [0.3, 0.4) is 0 Å². The predicted octanol–water partition coefficient (Wildman–Crippen LogP) is 6.04. The van der Waals surface area contributed by atoms with Gasteiger partial charge in [-0.05, 0) is 50.9 Å². The molecule has 2 rings (SSSR count). The van der Waals surface area contributed by atoms with Crippen molar-refractivity contribution in [2.75, 3.05) is 0 Å². The fourth-order valence-electron chi connectivity index (χ4n) is 4.19. The van der Waals surface area contributed by atoms with E-state index in [1.54, 1.807) is 5.57 Å². The summed E-state index contributed by atoms with van der Waals surface area (Å²) in [6.45, 7) is 6.31. The third kappa shape index (κ3) is 3.49. The van der Waals surface area contributed by atoms with Crippen molar-refractivity contribution in [2.24, 2.45) is 11.8 Å². The maximum Gasteiger partial charge on any atom is -0.0141 e. The zero-order valence-corrected chi connectivity index (χ0v) is 12.2. The van der Waals surface area contributed by atoms with E-state index in [2.05, 4.69) is 19.6 Å². The lowest BCUT2D eigenvalue weighted by atomic mass is 9.72. The van der Waals surface area contributed by atoms with Gasteiger partial charge >= 0.3 is 0 Å². The molecule has 0 atom stereocenters. The molecular formula is C18H30. The van der Waals surface area contributed by atoms with Crippen molar-refractivity contribution in [1.82, 2.24) is 0 Å². The summed E-state index contributed by atoms with van der Waals surface area (Å²) in [4.78, 5) is 0. The van der Waals surface area contributed by atoms with Crippen LogP contribution in [0, 0.1) is 11.8 Å². The molecule has 0 aromatic rings. The first-order chi connectivity index (χ1) is 8.83. The Bertz CT molecular complexity index is 265. The second kappa shape index (κ2) is 7.16. The average Bonchev–Trinajstić information content (AvgIpc) is 2.42. The van der Waals surface area contributed by atoms with Crippen LogP contribution in [0.5, 0.6) is 0 Å². The number of allylic oxidation sites excluding steroid dienone is 3. The van der Waals surface area contributed by atoms with Crippen molar-refractivity contribution in [2.45, 2.75) is 77.6 Å². The summed E-state index contributed by atoms with van der Waals surface area (Å²) in [5.74, 6) is 1.84. The summed E-state index contributed by atoms with van der Waals surface area (Å²) in [6, 6.07) is 0. The van der Waals surface area contributed by atoms with Gasteiger partial charge in [0.15, 0.2) is 0 Å². The van der Waals surface area contributed by atoms with Gasteiger partial charge in [0.05, 0.1) is 0 Å². The number of hydrogen-bond donors (Lipinski definition) is 0. The Hall–Kier alpha value is -0.520. The fraction of sp³-hybridized carbons (Fsp3) is 0.778. The Morgan fingerprint density at radius 2 is 1.33 bits per heavy atom. The number of hydrogen-bond acceptors (Lipinski definition) is 0. The van der Waals surface area contributed by atoms with Crippen LogP contribution in [-0.2, 0) is 0 Å². The molecule has 0 aliphatic heterocycles. The molecule has 0 heteroatoms. The first-order valence-electron chi connectivity index (χ1n) is 8.13. The third-order valence-corrected chi connectivity index (χ3v) is 5.03. The smallest absolute Gasteiger partial charge is 0.0141 e.